The van der Waals surface area contributed by atoms with Crippen molar-refractivity contribution in [2.24, 2.45) is 7.05 Å². The zero-order chi connectivity index (χ0) is 15.0. The molecule has 0 saturated carbocycles. The first-order valence-electron chi connectivity index (χ1n) is 6.70. The number of halogens is 2. The Labute approximate surface area is 136 Å². The number of aryl methyl sites for hydroxylation is 2. The van der Waals surface area contributed by atoms with Gasteiger partial charge >= 0.3 is 0 Å². The molecule has 0 bridgehead atoms. The molecule has 0 unspecified atom stereocenters. The standard InChI is InChI=1S/C14H15BrClN5/c1-3-11-9(7-20(2)19-11)8-21-13(5-16)18-12-4-10(15)6-17-14(12)21/h4,6-7H,3,5,8H2,1-2H3. The third-order valence-electron chi connectivity index (χ3n) is 3.41. The van der Waals surface area contributed by atoms with Gasteiger partial charge in [-0.15, -0.1) is 11.6 Å². The molecular formula is C14H15BrClN5. The van der Waals surface area contributed by atoms with E-state index in [1.54, 1.807) is 6.20 Å². The molecule has 0 atom stereocenters. The van der Waals surface area contributed by atoms with Crippen LogP contribution in [0.15, 0.2) is 22.9 Å². The van der Waals surface area contributed by atoms with Crippen LogP contribution in [0.5, 0.6) is 0 Å². The lowest BCUT2D eigenvalue weighted by molar-refractivity contribution is 0.746. The lowest BCUT2D eigenvalue weighted by Crippen LogP contribution is -2.05. The summed E-state index contributed by atoms with van der Waals surface area (Å²) in [6.45, 7) is 2.79. The van der Waals surface area contributed by atoms with Gasteiger partial charge in [-0.3, -0.25) is 4.68 Å². The van der Waals surface area contributed by atoms with Crippen molar-refractivity contribution in [2.45, 2.75) is 25.8 Å². The molecule has 7 heteroatoms. The fourth-order valence-electron chi connectivity index (χ4n) is 2.49. The van der Waals surface area contributed by atoms with E-state index >= 15 is 0 Å². The third-order valence-corrected chi connectivity index (χ3v) is 4.08. The summed E-state index contributed by atoms with van der Waals surface area (Å²) in [5, 5.41) is 4.48. The van der Waals surface area contributed by atoms with Gasteiger partial charge in [0, 0.05) is 29.5 Å². The highest BCUT2D eigenvalue weighted by molar-refractivity contribution is 9.10. The van der Waals surface area contributed by atoms with Crippen molar-refractivity contribution in [3.05, 3.63) is 40.0 Å². The Morgan fingerprint density at radius 2 is 2.19 bits per heavy atom. The molecule has 0 fully saturated rings. The van der Waals surface area contributed by atoms with Gasteiger partial charge < -0.3 is 4.57 Å². The molecule has 0 saturated heterocycles. The summed E-state index contributed by atoms with van der Waals surface area (Å²) in [4.78, 5) is 9.04. The van der Waals surface area contributed by atoms with Crippen LogP contribution >= 0.6 is 27.5 Å². The predicted molar refractivity (Wildman–Crippen MR) is 86.5 cm³/mol. The van der Waals surface area contributed by atoms with E-state index in [-0.39, 0.29) is 0 Å². The number of nitrogens with zero attached hydrogens (tertiary/aromatic N) is 5. The van der Waals surface area contributed by atoms with E-state index in [1.807, 2.05) is 24.0 Å². The number of rotatable bonds is 4. The first kappa shape index (κ1) is 14.5. The fourth-order valence-corrected chi connectivity index (χ4v) is 3.01. The number of alkyl halides is 1. The first-order chi connectivity index (χ1) is 10.1. The molecule has 0 aromatic carbocycles. The van der Waals surface area contributed by atoms with Crippen LogP contribution in [0.3, 0.4) is 0 Å². The molecule has 0 N–H and O–H groups in total. The Balaban J connectivity index is 2.10. The monoisotopic (exact) mass is 367 g/mol. The van der Waals surface area contributed by atoms with Gasteiger partial charge in [0.05, 0.1) is 18.1 Å². The van der Waals surface area contributed by atoms with E-state index in [2.05, 4.69) is 42.5 Å². The zero-order valence-electron chi connectivity index (χ0n) is 11.8. The van der Waals surface area contributed by atoms with Crippen molar-refractivity contribution in [3.8, 4) is 0 Å². The average Bonchev–Trinajstić information content (AvgIpc) is 2.99. The van der Waals surface area contributed by atoms with Crippen LogP contribution in [0.2, 0.25) is 0 Å². The van der Waals surface area contributed by atoms with Gasteiger partial charge in [0.15, 0.2) is 5.65 Å². The zero-order valence-corrected chi connectivity index (χ0v) is 14.2. The molecule has 110 valence electrons. The topological polar surface area (TPSA) is 48.5 Å². The van der Waals surface area contributed by atoms with Crippen LogP contribution in [-0.4, -0.2) is 24.3 Å². The Morgan fingerprint density at radius 1 is 1.38 bits per heavy atom. The van der Waals surface area contributed by atoms with Crippen LogP contribution in [-0.2, 0) is 25.9 Å². The second-order valence-corrected chi connectivity index (χ2v) is 6.06. The Bertz CT molecular complexity index is 792. The van der Waals surface area contributed by atoms with Gasteiger partial charge in [-0.2, -0.15) is 5.10 Å². The largest absolute Gasteiger partial charge is 0.307 e. The minimum absolute atomic E-state index is 0.357. The van der Waals surface area contributed by atoms with Crippen molar-refractivity contribution in [3.63, 3.8) is 0 Å². The van der Waals surface area contributed by atoms with Crippen molar-refractivity contribution in [2.75, 3.05) is 0 Å². The van der Waals surface area contributed by atoms with Crippen LogP contribution in [0.25, 0.3) is 11.2 Å². The van der Waals surface area contributed by atoms with Gasteiger partial charge in [-0.1, -0.05) is 6.92 Å². The number of hydrogen-bond donors (Lipinski definition) is 0. The maximum Gasteiger partial charge on any atom is 0.160 e. The predicted octanol–water partition coefficient (Wildman–Crippen LogP) is 3.28. The molecule has 0 radical (unpaired) electrons. The fraction of sp³-hybridized carbons (Fsp3) is 0.357. The lowest BCUT2D eigenvalue weighted by Gasteiger charge is -2.06. The summed E-state index contributed by atoms with van der Waals surface area (Å²) in [7, 11) is 1.94. The molecule has 0 aliphatic heterocycles. The molecule has 0 aliphatic carbocycles. The molecule has 3 aromatic heterocycles. The third kappa shape index (κ3) is 2.70. The number of hydrogen-bond acceptors (Lipinski definition) is 3. The van der Waals surface area contributed by atoms with Crippen LogP contribution < -0.4 is 0 Å². The van der Waals surface area contributed by atoms with Gasteiger partial charge in [-0.05, 0) is 28.4 Å². The van der Waals surface area contributed by atoms with Crippen LogP contribution in [0.1, 0.15) is 24.0 Å². The van der Waals surface area contributed by atoms with Gasteiger partial charge in [0.25, 0.3) is 0 Å². The van der Waals surface area contributed by atoms with Crippen molar-refractivity contribution in [1.82, 2.24) is 24.3 Å². The molecule has 5 nitrogen and oxygen atoms in total. The molecule has 0 aliphatic rings. The second kappa shape index (κ2) is 5.77. The van der Waals surface area contributed by atoms with E-state index in [1.165, 1.54) is 5.56 Å². The second-order valence-electron chi connectivity index (χ2n) is 4.87. The molecule has 3 rings (SSSR count). The maximum absolute atomic E-state index is 6.04. The Kier molecular flexibility index (Phi) is 3.99. The van der Waals surface area contributed by atoms with E-state index in [9.17, 15) is 0 Å². The summed E-state index contributed by atoms with van der Waals surface area (Å²) in [5.74, 6) is 1.18. The van der Waals surface area contributed by atoms with E-state index < -0.39 is 0 Å². The normalized spacial score (nSPS) is 11.4. The average molecular weight is 369 g/mol. The quantitative estimate of drug-likeness (QED) is 0.664. The lowest BCUT2D eigenvalue weighted by atomic mass is 10.2. The molecular weight excluding hydrogens is 354 g/mol. The summed E-state index contributed by atoms with van der Waals surface area (Å²) < 4.78 is 4.82. The van der Waals surface area contributed by atoms with Gasteiger partial charge in [0.1, 0.15) is 11.3 Å². The molecule has 3 heterocycles. The molecule has 21 heavy (non-hydrogen) atoms. The number of imidazole rings is 1. The summed E-state index contributed by atoms with van der Waals surface area (Å²) >= 11 is 9.47. The first-order valence-corrected chi connectivity index (χ1v) is 8.03. The number of fused-ring (bicyclic) bond motifs is 1. The van der Waals surface area contributed by atoms with E-state index in [0.29, 0.717) is 12.4 Å². The van der Waals surface area contributed by atoms with Crippen molar-refractivity contribution >= 4 is 38.7 Å². The molecule has 0 spiro atoms. The SMILES string of the molecule is CCc1nn(C)cc1Cn1c(CCl)nc2cc(Br)cnc21. The van der Waals surface area contributed by atoms with Crippen molar-refractivity contribution in [1.29, 1.82) is 0 Å². The minimum atomic E-state index is 0.357. The summed E-state index contributed by atoms with van der Waals surface area (Å²) in [6.07, 6.45) is 4.72. The Morgan fingerprint density at radius 3 is 2.90 bits per heavy atom. The summed E-state index contributed by atoms with van der Waals surface area (Å²) in [6, 6.07) is 1.96. The number of aromatic nitrogens is 5. The smallest absolute Gasteiger partial charge is 0.160 e. The minimum Gasteiger partial charge on any atom is -0.307 e. The van der Waals surface area contributed by atoms with E-state index in [4.69, 9.17) is 11.6 Å². The maximum atomic E-state index is 6.04. The molecule has 0 amide bonds. The van der Waals surface area contributed by atoms with Crippen molar-refractivity contribution < 1.29 is 0 Å². The highest BCUT2D eigenvalue weighted by atomic mass is 79.9. The highest BCUT2D eigenvalue weighted by Crippen LogP contribution is 2.21. The van der Waals surface area contributed by atoms with Gasteiger partial charge in [0.2, 0.25) is 0 Å². The highest BCUT2D eigenvalue weighted by Gasteiger charge is 2.14. The number of pyridine rings is 1. The molecule has 3 aromatic rings. The summed E-state index contributed by atoms with van der Waals surface area (Å²) in [5.41, 5.74) is 3.97. The Hall–Kier alpha value is -1.40. The van der Waals surface area contributed by atoms with Crippen LogP contribution in [0, 0.1) is 0 Å². The van der Waals surface area contributed by atoms with Gasteiger partial charge in [-0.25, -0.2) is 9.97 Å². The van der Waals surface area contributed by atoms with E-state index in [0.717, 1.165) is 33.6 Å². The van der Waals surface area contributed by atoms with Crippen LogP contribution in [0.4, 0.5) is 0 Å².